The lowest BCUT2D eigenvalue weighted by Gasteiger charge is -2.32. The van der Waals surface area contributed by atoms with E-state index >= 15 is 0 Å². The fourth-order valence-electron chi connectivity index (χ4n) is 3.53. The summed E-state index contributed by atoms with van der Waals surface area (Å²) in [6.07, 6.45) is 6.20. The third-order valence-electron chi connectivity index (χ3n) is 5.33. The molecule has 29 heavy (non-hydrogen) atoms. The number of hydrogen-bond donors (Lipinski definition) is 1. The van der Waals surface area contributed by atoms with Crippen molar-refractivity contribution >= 4 is 17.4 Å². The summed E-state index contributed by atoms with van der Waals surface area (Å²) < 4.78 is 1.61. The van der Waals surface area contributed by atoms with Gasteiger partial charge in [0, 0.05) is 30.8 Å². The smallest absolute Gasteiger partial charge is 0.227 e. The molecule has 3 aromatic rings. The lowest BCUT2D eigenvalue weighted by Crippen LogP contribution is -2.38. The zero-order valence-corrected chi connectivity index (χ0v) is 16.7. The molecule has 2 aromatic heterocycles. The van der Waals surface area contributed by atoms with Crippen LogP contribution < -0.4 is 10.2 Å². The molecule has 0 saturated carbocycles. The minimum Gasteiger partial charge on any atom is -0.356 e. The first kappa shape index (κ1) is 19.0. The first-order valence-corrected chi connectivity index (χ1v) is 9.93. The van der Waals surface area contributed by atoms with Crippen LogP contribution in [0.1, 0.15) is 38.2 Å². The number of nitrogens with one attached hydrogen (secondary N) is 1. The molecule has 1 saturated heterocycles. The number of hydrogen-bond acceptors (Lipinski definition) is 6. The fourth-order valence-corrected chi connectivity index (χ4v) is 3.53. The van der Waals surface area contributed by atoms with E-state index in [0.717, 1.165) is 37.4 Å². The first-order chi connectivity index (χ1) is 14.1. The van der Waals surface area contributed by atoms with Crippen molar-refractivity contribution in [1.82, 2.24) is 24.7 Å². The molecule has 1 N–H and O–H groups in total. The number of anilines is 2. The highest BCUT2D eigenvalue weighted by Gasteiger charge is 2.26. The summed E-state index contributed by atoms with van der Waals surface area (Å²) in [4.78, 5) is 27.4. The Morgan fingerprint density at radius 2 is 1.79 bits per heavy atom. The van der Waals surface area contributed by atoms with Crippen molar-refractivity contribution in [2.45, 2.75) is 32.6 Å². The Balaban J connectivity index is 1.34. The maximum atomic E-state index is 12.7. The maximum Gasteiger partial charge on any atom is 0.227 e. The summed E-state index contributed by atoms with van der Waals surface area (Å²) in [7, 11) is 0. The molecule has 3 heterocycles. The molecular formula is C21H25N7O. The molecule has 1 amide bonds. The number of amides is 1. The van der Waals surface area contributed by atoms with E-state index in [2.05, 4.69) is 56.2 Å². The normalized spacial score (nSPS) is 14.9. The Bertz CT molecular complexity index is 945. The van der Waals surface area contributed by atoms with Crippen LogP contribution in [0.25, 0.3) is 5.82 Å². The second-order valence-electron chi connectivity index (χ2n) is 7.60. The van der Waals surface area contributed by atoms with Crippen LogP contribution in [0.3, 0.4) is 0 Å². The van der Waals surface area contributed by atoms with Crippen LogP contribution in [0.4, 0.5) is 11.5 Å². The maximum absolute atomic E-state index is 12.7. The largest absolute Gasteiger partial charge is 0.356 e. The standard InChI is InChI=1S/C21H25N7O/c1-15(2)16-3-5-18(6-4-16)26-21(29)17-7-9-27(10-8-17)19-11-20(24-13-23-19)28-14-22-12-25-28/h3-6,11-15,17H,7-10H2,1-2H3,(H,26,29). The van der Waals surface area contributed by atoms with E-state index in [-0.39, 0.29) is 11.8 Å². The minimum atomic E-state index is 0.00708. The average Bonchev–Trinajstić information content (AvgIpc) is 3.29. The van der Waals surface area contributed by atoms with Gasteiger partial charge in [-0.3, -0.25) is 4.79 Å². The van der Waals surface area contributed by atoms with Crippen LogP contribution in [0.2, 0.25) is 0 Å². The second kappa shape index (κ2) is 8.38. The van der Waals surface area contributed by atoms with Gasteiger partial charge in [0.25, 0.3) is 0 Å². The van der Waals surface area contributed by atoms with E-state index in [4.69, 9.17) is 0 Å². The van der Waals surface area contributed by atoms with Gasteiger partial charge in [0.1, 0.15) is 24.8 Å². The second-order valence-corrected chi connectivity index (χ2v) is 7.60. The third kappa shape index (κ3) is 4.42. The lowest BCUT2D eigenvalue weighted by atomic mass is 9.95. The van der Waals surface area contributed by atoms with Gasteiger partial charge in [-0.25, -0.2) is 19.6 Å². The summed E-state index contributed by atoms with van der Waals surface area (Å²) in [5.41, 5.74) is 2.13. The molecule has 0 unspecified atom stereocenters. The zero-order valence-electron chi connectivity index (χ0n) is 16.7. The SMILES string of the molecule is CC(C)c1ccc(NC(=O)C2CCN(c3cc(-n4cncn4)ncn3)CC2)cc1. The molecule has 1 aliphatic heterocycles. The molecule has 150 valence electrons. The molecule has 0 bridgehead atoms. The Labute approximate surface area is 170 Å². The van der Waals surface area contributed by atoms with Gasteiger partial charge in [-0.05, 0) is 36.5 Å². The molecule has 8 heteroatoms. The van der Waals surface area contributed by atoms with Crippen LogP contribution in [0, 0.1) is 5.92 Å². The van der Waals surface area contributed by atoms with Gasteiger partial charge < -0.3 is 10.2 Å². The van der Waals surface area contributed by atoms with E-state index in [0.29, 0.717) is 11.7 Å². The van der Waals surface area contributed by atoms with Gasteiger partial charge >= 0.3 is 0 Å². The minimum absolute atomic E-state index is 0.00708. The Morgan fingerprint density at radius 1 is 1.07 bits per heavy atom. The number of aromatic nitrogens is 5. The quantitative estimate of drug-likeness (QED) is 0.719. The van der Waals surface area contributed by atoms with Crippen molar-refractivity contribution in [2.75, 3.05) is 23.3 Å². The topological polar surface area (TPSA) is 88.8 Å². The van der Waals surface area contributed by atoms with Crippen LogP contribution >= 0.6 is 0 Å². The van der Waals surface area contributed by atoms with Gasteiger partial charge in [0.2, 0.25) is 5.91 Å². The van der Waals surface area contributed by atoms with Crippen molar-refractivity contribution in [3.05, 3.63) is 54.9 Å². The molecule has 1 aliphatic rings. The van der Waals surface area contributed by atoms with E-state index in [9.17, 15) is 4.79 Å². The molecule has 4 rings (SSSR count). The number of piperidine rings is 1. The molecule has 0 spiro atoms. The first-order valence-electron chi connectivity index (χ1n) is 9.93. The zero-order chi connectivity index (χ0) is 20.2. The Morgan fingerprint density at radius 3 is 2.45 bits per heavy atom. The van der Waals surface area contributed by atoms with Gasteiger partial charge in [0.15, 0.2) is 5.82 Å². The van der Waals surface area contributed by atoms with Crippen molar-refractivity contribution < 1.29 is 4.79 Å². The van der Waals surface area contributed by atoms with Crippen LogP contribution in [0.15, 0.2) is 49.3 Å². The average molecular weight is 391 g/mol. The van der Waals surface area contributed by atoms with Gasteiger partial charge in [-0.15, -0.1) is 0 Å². The van der Waals surface area contributed by atoms with Gasteiger partial charge in [-0.2, -0.15) is 5.10 Å². The highest BCUT2D eigenvalue weighted by atomic mass is 16.1. The number of rotatable bonds is 5. The predicted octanol–water partition coefficient (Wildman–Crippen LogP) is 3.04. The fraction of sp³-hybridized carbons (Fsp3) is 0.381. The van der Waals surface area contributed by atoms with Crippen LogP contribution in [-0.2, 0) is 4.79 Å². The molecule has 1 fully saturated rings. The summed E-state index contributed by atoms with van der Waals surface area (Å²) in [5, 5.41) is 7.17. The molecule has 1 aromatic carbocycles. The summed E-state index contributed by atoms with van der Waals surface area (Å²) >= 11 is 0. The summed E-state index contributed by atoms with van der Waals surface area (Å²) in [5.74, 6) is 2.10. The van der Waals surface area contributed by atoms with Crippen molar-refractivity contribution in [3.8, 4) is 5.82 Å². The highest BCUT2D eigenvalue weighted by molar-refractivity contribution is 5.92. The monoisotopic (exact) mass is 391 g/mol. The number of nitrogens with zero attached hydrogens (tertiary/aromatic N) is 6. The number of carbonyl (C=O) groups is 1. The van der Waals surface area contributed by atoms with Crippen LogP contribution in [-0.4, -0.2) is 43.7 Å². The third-order valence-corrected chi connectivity index (χ3v) is 5.33. The predicted molar refractivity (Wildman–Crippen MR) is 111 cm³/mol. The van der Waals surface area contributed by atoms with E-state index in [1.807, 2.05) is 18.2 Å². The summed E-state index contributed by atoms with van der Waals surface area (Å²) in [6.45, 7) is 5.87. The molecule has 8 nitrogen and oxygen atoms in total. The molecule has 0 atom stereocenters. The van der Waals surface area contributed by atoms with Crippen molar-refractivity contribution in [1.29, 1.82) is 0 Å². The van der Waals surface area contributed by atoms with E-state index in [1.165, 1.54) is 18.2 Å². The van der Waals surface area contributed by atoms with Crippen molar-refractivity contribution in [2.24, 2.45) is 5.92 Å². The molecule has 0 aliphatic carbocycles. The highest BCUT2D eigenvalue weighted by Crippen LogP contribution is 2.24. The number of carbonyl (C=O) groups excluding carboxylic acids is 1. The number of benzene rings is 1. The van der Waals surface area contributed by atoms with Crippen LogP contribution in [0.5, 0.6) is 0 Å². The van der Waals surface area contributed by atoms with Gasteiger partial charge in [0.05, 0.1) is 0 Å². The van der Waals surface area contributed by atoms with Crippen molar-refractivity contribution in [3.63, 3.8) is 0 Å². The van der Waals surface area contributed by atoms with E-state index in [1.54, 1.807) is 11.0 Å². The Hall–Kier alpha value is -3.29. The van der Waals surface area contributed by atoms with E-state index < -0.39 is 0 Å². The molecule has 0 radical (unpaired) electrons. The lowest BCUT2D eigenvalue weighted by molar-refractivity contribution is -0.120. The Kier molecular flexibility index (Phi) is 5.50. The summed E-state index contributed by atoms with van der Waals surface area (Å²) in [6, 6.07) is 10.0. The van der Waals surface area contributed by atoms with Gasteiger partial charge in [-0.1, -0.05) is 26.0 Å². The molecular weight excluding hydrogens is 366 g/mol.